The zero-order chi connectivity index (χ0) is 15.8. The molecule has 0 spiro atoms. The minimum absolute atomic E-state index is 0.555. The van der Waals surface area contributed by atoms with Gasteiger partial charge in [-0.05, 0) is 36.8 Å². The van der Waals surface area contributed by atoms with Crippen LogP contribution in [0.4, 0.5) is 0 Å². The number of aromatic nitrogens is 2. The molecule has 0 amide bonds. The maximum atomic E-state index is 5.65. The summed E-state index contributed by atoms with van der Waals surface area (Å²) >= 11 is 1.78. The number of benzene rings is 1. The van der Waals surface area contributed by atoms with Crippen LogP contribution in [-0.2, 0) is 13.0 Å². The van der Waals surface area contributed by atoms with Crippen molar-refractivity contribution in [3.8, 4) is 17.0 Å². The SMILES string of the molecule is C=C(C)COc1ccc(-c2cn3c4c(sc3n2)CNCC4)cc1. The standard InChI is InChI=1S/C18H19N3OS/c1-12(2)11-22-14-5-3-13(4-6-14)15-10-21-16-7-8-19-9-17(16)23-18(21)20-15/h3-6,10,19H,1,7-9,11H2,2H3. The Morgan fingerprint density at radius 3 is 3.00 bits per heavy atom. The van der Waals surface area contributed by atoms with Crippen molar-refractivity contribution in [3.05, 3.63) is 53.2 Å². The summed E-state index contributed by atoms with van der Waals surface area (Å²) in [4.78, 5) is 7.28. The van der Waals surface area contributed by atoms with E-state index < -0.39 is 0 Å². The van der Waals surface area contributed by atoms with Crippen molar-refractivity contribution in [1.82, 2.24) is 14.7 Å². The third-order valence-corrected chi connectivity index (χ3v) is 5.06. The van der Waals surface area contributed by atoms with Gasteiger partial charge in [0.2, 0.25) is 0 Å². The molecule has 0 atom stereocenters. The predicted molar refractivity (Wildman–Crippen MR) is 94.2 cm³/mol. The fourth-order valence-corrected chi connectivity index (χ4v) is 3.92. The highest BCUT2D eigenvalue weighted by Gasteiger charge is 2.17. The van der Waals surface area contributed by atoms with Gasteiger partial charge in [0.25, 0.3) is 0 Å². The molecule has 1 aromatic carbocycles. The lowest BCUT2D eigenvalue weighted by Crippen LogP contribution is -2.23. The second-order valence-corrected chi connectivity index (χ2v) is 7.01. The number of fused-ring (bicyclic) bond motifs is 3. The zero-order valence-corrected chi connectivity index (χ0v) is 13.9. The summed E-state index contributed by atoms with van der Waals surface area (Å²) < 4.78 is 7.90. The van der Waals surface area contributed by atoms with E-state index in [0.29, 0.717) is 6.61 Å². The van der Waals surface area contributed by atoms with E-state index in [1.807, 2.05) is 19.1 Å². The van der Waals surface area contributed by atoms with Crippen molar-refractivity contribution in [2.24, 2.45) is 0 Å². The Balaban J connectivity index is 1.61. The number of hydrogen-bond acceptors (Lipinski definition) is 4. The number of nitrogens with zero attached hydrogens (tertiary/aromatic N) is 2. The Morgan fingerprint density at radius 2 is 2.22 bits per heavy atom. The fourth-order valence-electron chi connectivity index (χ4n) is 2.81. The van der Waals surface area contributed by atoms with Crippen LogP contribution in [0, 0.1) is 0 Å². The van der Waals surface area contributed by atoms with Gasteiger partial charge in [0.15, 0.2) is 4.96 Å². The average Bonchev–Trinajstić information content (AvgIpc) is 3.11. The molecule has 4 rings (SSSR count). The minimum atomic E-state index is 0.555. The molecule has 3 aromatic rings. The van der Waals surface area contributed by atoms with Gasteiger partial charge in [-0.15, -0.1) is 0 Å². The van der Waals surface area contributed by atoms with Crippen molar-refractivity contribution >= 4 is 16.3 Å². The minimum Gasteiger partial charge on any atom is -0.489 e. The molecule has 2 aromatic heterocycles. The number of thiazole rings is 1. The lowest BCUT2D eigenvalue weighted by Gasteiger charge is -2.11. The third kappa shape index (κ3) is 2.78. The first-order valence-corrected chi connectivity index (χ1v) is 8.60. The van der Waals surface area contributed by atoms with Gasteiger partial charge < -0.3 is 10.1 Å². The zero-order valence-electron chi connectivity index (χ0n) is 13.1. The van der Waals surface area contributed by atoms with Crippen molar-refractivity contribution in [3.63, 3.8) is 0 Å². The van der Waals surface area contributed by atoms with E-state index in [4.69, 9.17) is 9.72 Å². The van der Waals surface area contributed by atoms with Crippen LogP contribution in [0.1, 0.15) is 17.5 Å². The van der Waals surface area contributed by atoms with Crippen molar-refractivity contribution in [2.45, 2.75) is 19.9 Å². The molecule has 0 saturated heterocycles. The van der Waals surface area contributed by atoms with Gasteiger partial charge in [-0.1, -0.05) is 17.9 Å². The maximum Gasteiger partial charge on any atom is 0.194 e. The van der Waals surface area contributed by atoms with Gasteiger partial charge in [-0.2, -0.15) is 0 Å². The van der Waals surface area contributed by atoms with Gasteiger partial charge in [-0.25, -0.2) is 4.98 Å². The molecule has 0 aliphatic carbocycles. The lowest BCUT2D eigenvalue weighted by atomic mass is 10.1. The Labute approximate surface area is 139 Å². The van der Waals surface area contributed by atoms with Crippen LogP contribution in [0.2, 0.25) is 0 Å². The molecule has 0 radical (unpaired) electrons. The van der Waals surface area contributed by atoms with E-state index in [-0.39, 0.29) is 0 Å². The molecule has 23 heavy (non-hydrogen) atoms. The lowest BCUT2D eigenvalue weighted by molar-refractivity contribution is 0.353. The maximum absolute atomic E-state index is 5.65. The number of imidazole rings is 1. The largest absolute Gasteiger partial charge is 0.489 e. The molecule has 0 fully saturated rings. The van der Waals surface area contributed by atoms with Gasteiger partial charge in [-0.3, -0.25) is 4.40 Å². The molecule has 3 heterocycles. The first-order valence-electron chi connectivity index (χ1n) is 7.79. The van der Waals surface area contributed by atoms with Gasteiger partial charge in [0, 0.05) is 41.8 Å². The quantitative estimate of drug-likeness (QED) is 0.744. The molecular formula is C18H19N3OS. The summed E-state index contributed by atoms with van der Waals surface area (Å²) in [5.41, 5.74) is 4.56. The summed E-state index contributed by atoms with van der Waals surface area (Å²) in [5, 5.41) is 3.41. The first kappa shape index (κ1) is 14.5. The third-order valence-electron chi connectivity index (χ3n) is 3.96. The average molecular weight is 325 g/mol. The molecule has 4 nitrogen and oxygen atoms in total. The predicted octanol–water partition coefficient (Wildman–Crippen LogP) is 3.66. The van der Waals surface area contributed by atoms with Crippen LogP contribution in [0.3, 0.4) is 0 Å². The highest BCUT2D eigenvalue weighted by atomic mass is 32.1. The molecular weight excluding hydrogens is 306 g/mol. The van der Waals surface area contributed by atoms with Crippen LogP contribution in [0.5, 0.6) is 5.75 Å². The summed E-state index contributed by atoms with van der Waals surface area (Å²) in [7, 11) is 0. The smallest absolute Gasteiger partial charge is 0.194 e. The van der Waals surface area contributed by atoms with Crippen LogP contribution in [0.15, 0.2) is 42.6 Å². The van der Waals surface area contributed by atoms with Crippen LogP contribution in [0.25, 0.3) is 16.2 Å². The Morgan fingerprint density at radius 1 is 1.39 bits per heavy atom. The monoisotopic (exact) mass is 325 g/mol. The molecule has 0 unspecified atom stereocenters. The second kappa shape index (κ2) is 5.83. The van der Waals surface area contributed by atoms with E-state index in [1.165, 1.54) is 10.6 Å². The molecule has 5 heteroatoms. The topological polar surface area (TPSA) is 38.6 Å². The van der Waals surface area contributed by atoms with E-state index in [2.05, 4.69) is 34.6 Å². The first-order chi connectivity index (χ1) is 11.2. The van der Waals surface area contributed by atoms with Crippen LogP contribution in [-0.4, -0.2) is 22.5 Å². The molecule has 0 bridgehead atoms. The summed E-state index contributed by atoms with van der Waals surface area (Å²) in [5.74, 6) is 0.862. The number of nitrogens with one attached hydrogen (secondary N) is 1. The van der Waals surface area contributed by atoms with E-state index >= 15 is 0 Å². The Hall–Kier alpha value is -2.11. The molecule has 118 valence electrons. The van der Waals surface area contributed by atoms with Crippen molar-refractivity contribution in [1.29, 1.82) is 0 Å². The van der Waals surface area contributed by atoms with Gasteiger partial charge >= 0.3 is 0 Å². The number of rotatable bonds is 4. The molecule has 1 aliphatic rings. The van der Waals surface area contributed by atoms with E-state index in [0.717, 1.165) is 47.1 Å². The summed E-state index contributed by atoms with van der Waals surface area (Å²) in [6.45, 7) is 8.37. The molecule has 0 saturated carbocycles. The summed E-state index contributed by atoms with van der Waals surface area (Å²) in [6, 6.07) is 8.11. The van der Waals surface area contributed by atoms with Crippen molar-refractivity contribution in [2.75, 3.05) is 13.2 Å². The van der Waals surface area contributed by atoms with E-state index in [9.17, 15) is 0 Å². The summed E-state index contributed by atoms with van der Waals surface area (Å²) in [6.07, 6.45) is 3.22. The molecule has 1 N–H and O–H groups in total. The number of ether oxygens (including phenoxy) is 1. The van der Waals surface area contributed by atoms with Crippen LogP contribution < -0.4 is 10.1 Å². The highest BCUT2D eigenvalue weighted by Crippen LogP contribution is 2.29. The van der Waals surface area contributed by atoms with E-state index in [1.54, 1.807) is 11.3 Å². The van der Waals surface area contributed by atoms with Crippen LogP contribution >= 0.6 is 11.3 Å². The highest BCUT2D eigenvalue weighted by molar-refractivity contribution is 7.17. The Bertz CT molecular complexity index is 860. The van der Waals surface area contributed by atoms with Gasteiger partial charge in [0.1, 0.15) is 12.4 Å². The fraction of sp³-hybridized carbons (Fsp3) is 0.278. The second-order valence-electron chi connectivity index (χ2n) is 5.95. The molecule has 1 aliphatic heterocycles. The Kier molecular flexibility index (Phi) is 3.67. The normalized spacial score (nSPS) is 14.0. The number of hydrogen-bond donors (Lipinski definition) is 1. The van der Waals surface area contributed by atoms with Crippen molar-refractivity contribution < 1.29 is 4.74 Å². The van der Waals surface area contributed by atoms with Gasteiger partial charge in [0.05, 0.1) is 5.69 Å².